The molecule has 1 heterocycles. The first-order valence-corrected chi connectivity index (χ1v) is 7.82. The van der Waals surface area contributed by atoms with Crippen molar-refractivity contribution in [1.82, 2.24) is 0 Å². The number of hydrogen-bond acceptors (Lipinski definition) is 3. The van der Waals surface area contributed by atoms with E-state index in [2.05, 4.69) is 39.8 Å². The summed E-state index contributed by atoms with van der Waals surface area (Å²) in [6, 6.07) is 11.8. The normalized spacial score (nSPS) is 16.9. The van der Waals surface area contributed by atoms with Gasteiger partial charge in [-0.2, -0.15) is 0 Å². The summed E-state index contributed by atoms with van der Waals surface area (Å²) in [5, 5.41) is 0. The molecule has 0 saturated heterocycles. The first-order valence-electron chi connectivity index (χ1n) is 7.82. The van der Waals surface area contributed by atoms with Crippen LogP contribution in [0.4, 0.5) is 0 Å². The van der Waals surface area contributed by atoms with Gasteiger partial charge in [0, 0.05) is 11.1 Å². The number of aryl methyl sites for hydroxylation is 1. The monoisotopic (exact) mass is 310 g/mol. The van der Waals surface area contributed by atoms with Gasteiger partial charge in [0.05, 0.1) is 7.11 Å². The zero-order valence-electron chi connectivity index (χ0n) is 14.3. The Labute approximate surface area is 137 Å². The molecule has 1 atom stereocenters. The van der Waals surface area contributed by atoms with Crippen molar-refractivity contribution in [2.75, 3.05) is 7.11 Å². The lowest BCUT2D eigenvalue weighted by atomic mass is 9.82. The number of esters is 1. The molecule has 120 valence electrons. The van der Waals surface area contributed by atoms with Gasteiger partial charge >= 0.3 is 5.97 Å². The molecule has 1 aliphatic rings. The molecule has 3 nitrogen and oxygen atoms in total. The third kappa shape index (κ3) is 2.72. The van der Waals surface area contributed by atoms with E-state index in [4.69, 9.17) is 9.47 Å². The molecule has 3 rings (SSSR count). The molecule has 0 radical (unpaired) electrons. The van der Waals surface area contributed by atoms with E-state index in [0.717, 1.165) is 33.8 Å². The van der Waals surface area contributed by atoms with E-state index in [9.17, 15) is 4.79 Å². The third-order valence-electron chi connectivity index (χ3n) is 4.27. The van der Waals surface area contributed by atoms with Crippen LogP contribution in [0.3, 0.4) is 0 Å². The maximum absolute atomic E-state index is 12.5. The molecular formula is C20H22O3. The van der Waals surface area contributed by atoms with Gasteiger partial charge in [0.15, 0.2) is 0 Å². The standard InChI is InChI=1S/C20H22O3/c1-12-10-15-17(13-6-8-14(22-5)9-7-13)19(21)23-18(15)16(11-12)20(2,3)4/h6-11,17H,1-5H3. The van der Waals surface area contributed by atoms with Gasteiger partial charge in [-0.3, -0.25) is 4.79 Å². The highest BCUT2D eigenvalue weighted by atomic mass is 16.5. The Hall–Kier alpha value is -2.29. The molecule has 0 amide bonds. The fraction of sp³-hybridized carbons (Fsp3) is 0.350. The molecule has 0 fully saturated rings. The zero-order chi connectivity index (χ0) is 16.8. The van der Waals surface area contributed by atoms with Crippen molar-refractivity contribution in [3.63, 3.8) is 0 Å². The maximum atomic E-state index is 12.5. The SMILES string of the molecule is COc1ccc(C2C(=O)Oc3c2cc(C)cc3C(C)(C)C)cc1. The Balaban J connectivity index is 2.13. The molecule has 1 unspecified atom stereocenters. The third-order valence-corrected chi connectivity index (χ3v) is 4.27. The van der Waals surface area contributed by atoms with Gasteiger partial charge in [-0.05, 0) is 30.0 Å². The summed E-state index contributed by atoms with van der Waals surface area (Å²) in [7, 11) is 1.63. The summed E-state index contributed by atoms with van der Waals surface area (Å²) in [5.74, 6) is 0.937. The van der Waals surface area contributed by atoms with Crippen LogP contribution in [0.5, 0.6) is 11.5 Å². The van der Waals surface area contributed by atoms with Gasteiger partial charge in [0.25, 0.3) is 0 Å². The van der Waals surface area contributed by atoms with Crippen LogP contribution in [-0.2, 0) is 10.2 Å². The number of fused-ring (bicyclic) bond motifs is 1. The fourth-order valence-electron chi connectivity index (χ4n) is 3.09. The summed E-state index contributed by atoms with van der Waals surface area (Å²) >= 11 is 0. The smallest absolute Gasteiger partial charge is 0.323 e. The Bertz CT molecular complexity index is 752. The lowest BCUT2D eigenvalue weighted by Gasteiger charge is -2.22. The van der Waals surface area contributed by atoms with Crippen molar-refractivity contribution in [2.45, 2.75) is 39.0 Å². The van der Waals surface area contributed by atoms with E-state index in [0.29, 0.717) is 0 Å². The lowest BCUT2D eigenvalue weighted by Crippen LogP contribution is -2.13. The van der Waals surface area contributed by atoms with E-state index in [-0.39, 0.29) is 17.3 Å². The molecule has 2 aromatic carbocycles. The molecule has 0 aromatic heterocycles. The highest BCUT2D eigenvalue weighted by molar-refractivity contribution is 5.90. The second-order valence-corrected chi connectivity index (χ2v) is 7.11. The van der Waals surface area contributed by atoms with E-state index in [1.54, 1.807) is 7.11 Å². The number of hydrogen-bond donors (Lipinski definition) is 0. The van der Waals surface area contributed by atoms with E-state index in [1.165, 1.54) is 0 Å². The highest BCUT2D eigenvalue weighted by Gasteiger charge is 2.38. The Morgan fingerprint density at radius 2 is 1.74 bits per heavy atom. The first-order chi connectivity index (χ1) is 10.8. The molecule has 23 heavy (non-hydrogen) atoms. The highest BCUT2D eigenvalue weighted by Crippen LogP contribution is 2.45. The van der Waals surface area contributed by atoms with Gasteiger partial charge in [0.1, 0.15) is 17.4 Å². The summed E-state index contributed by atoms with van der Waals surface area (Å²) in [5.41, 5.74) is 4.04. The molecule has 3 heteroatoms. The van der Waals surface area contributed by atoms with Crippen LogP contribution in [0.1, 0.15) is 48.9 Å². The summed E-state index contributed by atoms with van der Waals surface area (Å²) in [6.07, 6.45) is 0. The number of methoxy groups -OCH3 is 1. The predicted octanol–water partition coefficient (Wildman–Crippen LogP) is 4.35. The number of benzene rings is 2. The minimum Gasteiger partial charge on any atom is -0.497 e. The summed E-state index contributed by atoms with van der Waals surface area (Å²) < 4.78 is 10.9. The Kier molecular flexibility index (Phi) is 3.67. The van der Waals surface area contributed by atoms with E-state index >= 15 is 0 Å². The number of rotatable bonds is 2. The molecule has 1 aliphatic heterocycles. The first kappa shape index (κ1) is 15.6. The van der Waals surface area contributed by atoms with Crippen LogP contribution in [0.25, 0.3) is 0 Å². The summed E-state index contributed by atoms with van der Waals surface area (Å²) in [6.45, 7) is 8.47. The second kappa shape index (κ2) is 5.41. The molecular weight excluding hydrogens is 288 g/mol. The van der Waals surface area contributed by atoms with Crippen molar-refractivity contribution in [3.05, 3.63) is 58.7 Å². The van der Waals surface area contributed by atoms with Crippen LogP contribution in [0.2, 0.25) is 0 Å². The van der Waals surface area contributed by atoms with Crippen LogP contribution in [-0.4, -0.2) is 13.1 Å². The van der Waals surface area contributed by atoms with Crippen LogP contribution in [0.15, 0.2) is 36.4 Å². The average molecular weight is 310 g/mol. The topological polar surface area (TPSA) is 35.5 Å². The largest absolute Gasteiger partial charge is 0.497 e. The van der Waals surface area contributed by atoms with Crippen molar-refractivity contribution in [1.29, 1.82) is 0 Å². The number of carbonyl (C=O) groups is 1. The lowest BCUT2D eigenvalue weighted by molar-refractivity contribution is -0.133. The molecule has 0 bridgehead atoms. The molecule has 0 aliphatic carbocycles. The molecule has 0 saturated carbocycles. The number of ether oxygens (including phenoxy) is 2. The van der Waals surface area contributed by atoms with Crippen LogP contribution < -0.4 is 9.47 Å². The van der Waals surface area contributed by atoms with E-state index < -0.39 is 0 Å². The van der Waals surface area contributed by atoms with Gasteiger partial charge in [-0.15, -0.1) is 0 Å². The zero-order valence-corrected chi connectivity index (χ0v) is 14.3. The van der Waals surface area contributed by atoms with Crippen molar-refractivity contribution >= 4 is 5.97 Å². The quantitative estimate of drug-likeness (QED) is 0.611. The minimum absolute atomic E-state index is 0.0782. The molecule has 0 spiro atoms. The van der Waals surface area contributed by atoms with Gasteiger partial charge in [-0.1, -0.05) is 50.6 Å². The maximum Gasteiger partial charge on any atom is 0.323 e. The van der Waals surface area contributed by atoms with E-state index in [1.807, 2.05) is 24.3 Å². The average Bonchev–Trinajstić information content (AvgIpc) is 2.81. The van der Waals surface area contributed by atoms with Gasteiger partial charge < -0.3 is 9.47 Å². The van der Waals surface area contributed by atoms with Gasteiger partial charge in [-0.25, -0.2) is 0 Å². The Morgan fingerprint density at radius 1 is 1.09 bits per heavy atom. The van der Waals surface area contributed by atoms with Crippen molar-refractivity contribution < 1.29 is 14.3 Å². The molecule has 0 N–H and O–H groups in total. The Morgan fingerprint density at radius 3 is 2.30 bits per heavy atom. The minimum atomic E-state index is -0.364. The van der Waals surface area contributed by atoms with Crippen molar-refractivity contribution in [2.24, 2.45) is 0 Å². The second-order valence-electron chi connectivity index (χ2n) is 7.11. The van der Waals surface area contributed by atoms with Gasteiger partial charge in [0.2, 0.25) is 0 Å². The fourth-order valence-corrected chi connectivity index (χ4v) is 3.09. The summed E-state index contributed by atoms with van der Waals surface area (Å²) in [4.78, 5) is 12.5. The predicted molar refractivity (Wildman–Crippen MR) is 90.4 cm³/mol. The van der Waals surface area contributed by atoms with Crippen molar-refractivity contribution in [3.8, 4) is 11.5 Å². The molecule has 2 aromatic rings. The van der Waals surface area contributed by atoms with Crippen LogP contribution >= 0.6 is 0 Å². The van der Waals surface area contributed by atoms with Crippen LogP contribution in [0, 0.1) is 6.92 Å². The number of carbonyl (C=O) groups excluding carboxylic acids is 1.